The molecule has 0 radical (unpaired) electrons. The molecule has 2 rings (SSSR count). The lowest BCUT2D eigenvalue weighted by Crippen LogP contribution is -1.98. The van der Waals surface area contributed by atoms with Gasteiger partial charge in [-0.3, -0.25) is 0 Å². The topological polar surface area (TPSA) is 70.3 Å². The lowest BCUT2D eigenvalue weighted by molar-refractivity contribution is 0.408. The maximum absolute atomic E-state index is 5.94. The minimum atomic E-state index is 0.0862. The molecule has 1 aromatic heterocycles. The van der Waals surface area contributed by atoms with Crippen LogP contribution in [-0.2, 0) is 0 Å². The Labute approximate surface area is 131 Å². The smallest absolute Gasteiger partial charge is 0.243 e. The van der Waals surface area contributed by atoms with Crippen LogP contribution in [0.4, 0.5) is 5.95 Å². The molecule has 0 fully saturated rings. The highest BCUT2D eigenvalue weighted by molar-refractivity contribution is 9.11. The van der Waals surface area contributed by atoms with Crippen molar-refractivity contribution in [3.63, 3.8) is 0 Å². The molecule has 2 aromatic rings. The van der Waals surface area contributed by atoms with Crippen LogP contribution in [0, 0.1) is 0 Å². The standard InChI is InChI=1S/C11H8Br2ClN3O2/c1-18-8-2-6(13)9(3-5(8)12)19-10-7(14)4-16-11(15)17-10/h2-4H,1H3,(H2,15,16,17). The molecule has 100 valence electrons. The van der Waals surface area contributed by atoms with E-state index in [1.165, 1.54) is 6.20 Å². The molecule has 2 N–H and O–H groups in total. The zero-order chi connectivity index (χ0) is 14.0. The van der Waals surface area contributed by atoms with Gasteiger partial charge in [-0.15, -0.1) is 0 Å². The third-order valence-electron chi connectivity index (χ3n) is 2.14. The molecule has 0 bridgehead atoms. The maximum Gasteiger partial charge on any atom is 0.243 e. The van der Waals surface area contributed by atoms with E-state index in [-0.39, 0.29) is 16.9 Å². The first-order valence-electron chi connectivity index (χ1n) is 5.00. The molecule has 0 unspecified atom stereocenters. The van der Waals surface area contributed by atoms with Crippen LogP contribution in [0.2, 0.25) is 5.02 Å². The second kappa shape index (κ2) is 5.94. The summed E-state index contributed by atoms with van der Waals surface area (Å²) in [6.45, 7) is 0. The molecule has 8 heteroatoms. The summed E-state index contributed by atoms with van der Waals surface area (Å²) in [7, 11) is 1.58. The number of rotatable bonds is 3. The van der Waals surface area contributed by atoms with Crippen molar-refractivity contribution in [3.8, 4) is 17.4 Å². The van der Waals surface area contributed by atoms with Crippen molar-refractivity contribution in [3.05, 3.63) is 32.3 Å². The van der Waals surface area contributed by atoms with Gasteiger partial charge in [-0.2, -0.15) is 4.98 Å². The number of hydrogen-bond acceptors (Lipinski definition) is 5. The number of aromatic nitrogens is 2. The average molecular weight is 409 g/mol. The molecular weight excluding hydrogens is 401 g/mol. The lowest BCUT2D eigenvalue weighted by Gasteiger charge is -2.11. The number of hydrogen-bond donors (Lipinski definition) is 1. The molecule has 0 aliphatic heterocycles. The Kier molecular flexibility index (Phi) is 4.49. The molecule has 0 saturated heterocycles. The van der Waals surface area contributed by atoms with Crippen LogP contribution in [0.1, 0.15) is 0 Å². The monoisotopic (exact) mass is 407 g/mol. The van der Waals surface area contributed by atoms with Gasteiger partial charge in [0, 0.05) is 0 Å². The molecule has 19 heavy (non-hydrogen) atoms. The summed E-state index contributed by atoms with van der Waals surface area (Å²) in [4.78, 5) is 7.69. The van der Waals surface area contributed by atoms with E-state index in [0.717, 1.165) is 4.47 Å². The lowest BCUT2D eigenvalue weighted by atomic mass is 10.3. The van der Waals surface area contributed by atoms with Crippen LogP contribution in [0.15, 0.2) is 27.3 Å². The number of nitrogen functional groups attached to an aromatic ring is 1. The minimum Gasteiger partial charge on any atom is -0.496 e. The van der Waals surface area contributed by atoms with Crippen LogP contribution in [-0.4, -0.2) is 17.1 Å². The summed E-state index contributed by atoms with van der Waals surface area (Å²) in [6, 6.07) is 3.50. The summed E-state index contributed by atoms with van der Waals surface area (Å²) >= 11 is 12.7. The van der Waals surface area contributed by atoms with E-state index in [4.69, 9.17) is 26.8 Å². The highest BCUT2D eigenvalue weighted by Gasteiger charge is 2.12. The van der Waals surface area contributed by atoms with E-state index < -0.39 is 0 Å². The molecule has 5 nitrogen and oxygen atoms in total. The molecule has 0 amide bonds. The van der Waals surface area contributed by atoms with Crippen LogP contribution >= 0.6 is 43.5 Å². The average Bonchev–Trinajstić information content (AvgIpc) is 2.37. The first-order valence-corrected chi connectivity index (χ1v) is 6.96. The minimum absolute atomic E-state index is 0.0862. The Morgan fingerprint density at radius 3 is 2.53 bits per heavy atom. The molecule has 0 spiro atoms. The first kappa shape index (κ1) is 14.4. The van der Waals surface area contributed by atoms with Crippen molar-refractivity contribution in [2.45, 2.75) is 0 Å². The SMILES string of the molecule is COc1cc(Br)c(Oc2nc(N)ncc2Cl)cc1Br. The highest BCUT2D eigenvalue weighted by atomic mass is 79.9. The third-order valence-corrected chi connectivity index (χ3v) is 3.64. The molecule has 0 atom stereocenters. The largest absolute Gasteiger partial charge is 0.496 e. The van der Waals surface area contributed by atoms with E-state index in [1.54, 1.807) is 19.2 Å². The normalized spacial score (nSPS) is 10.3. The Morgan fingerprint density at radius 2 is 1.84 bits per heavy atom. The number of nitrogens with zero attached hydrogens (tertiary/aromatic N) is 2. The molecule has 0 saturated carbocycles. The van der Waals surface area contributed by atoms with Crippen LogP contribution in [0.25, 0.3) is 0 Å². The molecule has 0 aliphatic rings. The van der Waals surface area contributed by atoms with E-state index in [1.807, 2.05) is 0 Å². The van der Waals surface area contributed by atoms with Crippen molar-refractivity contribution in [1.29, 1.82) is 0 Å². The molecule has 1 heterocycles. The summed E-state index contributed by atoms with van der Waals surface area (Å²) in [5.41, 5.74) is 5.49. The van der Waals surface area contributed by atoms with Gasteiger partial charge in [-0.05, 0) is 44.0 Å². The number of anilines is 1. The quantitative estimate of drug-likeness (QED) is 0.829. The van der Waals surface area contributed by atoms with Crippen molar-refractivity contribution in [2.75, 3.05) is 12.8 Å². The van der Waals surface area contributed by atoms with E-state index >= 15 is 0 Å². The summed E-state index contributed by atoms with van der Waals surface area (Å²) < 4.78 is 12.2. The number of halogens is 3. The zero-order valence-electron chi connectivity index (χ0n) is 9.65. The predicted molar refractivity (Wildman–Crippen MR) is 79.9 cm³/mol. The van der Waals surface area contributed by atoms with Gasteiger partial charge in [-0.1, -0.05) is 11.6 Å². The summed E-state index contributed by atoms with van der Waals surface area (Å²) in [5.74, 6) is 1.47. The second-order valence-electron chi connectivity index (χ2n) is 3.40. The van der Waals surface area contributed by atoms with Gasteiger partial charge in [0.05, 0.1) is 22.3 Å². The van der Waals surface area contributed by atoms with Crippen LogP contribution in [0.5, 0.6) is 17.4 Å². The predicted octanol–water partition coefficient (Wildman–Crippen LogP) is 4.04. The van der Waals surface area contributed by atoms with Crippen LogP contribution in [0.3, 0.4) is 0 Å². The van der Waals surface area contributed by atoms with Crippen molar-refractivity contribution in [1.82, 2.24) is 9.97 Å². The number of nitrogens with two attached hydrogens (primary N) is 1. The van der Waals surface area contributed by atoms with Gasteiger partial charge in [0.15, 0.2) is 0 Å². The van der Waals surface area contributed by atoms with Crippen molar-refractivity contribution >= 4 is 49.4 Å². The first-order chi connectivity index (χ1) is 9.01. The van der Waals surface area contributed by atoms with Crippen molar-refractivity contribution < 1.29 is 9.47 Å². The molecular formula is C11H8Br2ClN3O2. The Balaban J connectivity index is 2.38. The second-order valence-corrected chi connectivity index (χ2v) is 5.52. The van der Waals surface area contributed by atoms with Gasteiger partial charge >= 0.3 is 0 Å². The Hall–Kier alpha value is -1.05. The Morgan fingerprint density at radius 1 is 1.21 bits per heavy atom. The maximum atomic E-state index is 5.94. The van der Waals surface area contributed by atoms with Gasteiger partial charge < -0.3 is 15.2 Å². The highest BCUT2D eigenvalue weighted by Crippen LogP contribution is 2.38. The van der Waals surface area contributed by atoms with E-state index in [0.29, 0.717) is 16.0 Å². The van der Waals surface area contributed by atoms with Gasteiger partial charge in [-0.25, -0.2) is 4.98 Å². The fourth-order valence-electron chi connectivity index (χ4n) is 1.29. The van der Waals surface area contributed by atoms with Gasteiger partial charge in [0.1, 0.15) is 16.5 Å². The van der Waals surface area contributed by atoms with E-state index in [2.05, 4.69) is 41.8 Å². The fraction of sp³-hybridized carbons (Fsp3) is 0.0909. The molecule has 1 aromatic carbocycles. The van der Waals surface area contributed by atoms with Gasteiger partial charge in [0.25, 0.3) is 0 Å². The number of methoxy groups -OCH3 is 1. The van der Waals surface area contributed by atoms with Crippen molar-refractivity contribution in [2.24, 2.45) is 0 Å². The zero-order valence-corrected chi connectivity index (χ0v) is 13.6. The number of benzene rings is 1. The molecule has 0 aliphatic carbocycles. The van der Waals surface area contributed by atoms with E-state index in [9.17, 15) is 0 Å². The number of ether oxygens (including phenoxy) is 2. The third kappa shape index (κ3) is 3.29. The summed E-state index contributed by atoms with van der Waals surface area (Å²) in [6.07, 6.45) is 1.38. The Bertz CT molecular complexity index is 625. The fourth-order valence-corrected chi connectivity index (χ4v) is 2.30. The van der Waals surface area contributed by atoms with Gasteiger partial charge in [0.2, 0.25) is 11.8 Å². The summed E-state index contributed by atoms with van der Waals surface area (Å²) in [5, 5.41) is 0.271. The van der Waals surface area contributed by atoms with Crippen LogP contribution < -0.4 is 15.2 Å².